The van der Waals surface area contributed by atoms with E-state index in [-0.39, 0.29) is 5.54 Å². The molecule has 0 radical (unpaired) electrons. The summed E-state index contributed by atoms with van der Waals surface area (Å²) in [7, 11) is 0. The Morgan fingerprint density at radius 1 is 1.20 bits per heavy atom. The summed E-state index contributed by atoms with van der Waals surface area (Å²) in [4.78, 5) is 3.58. The highest BCUT2D eigenvalue weighted by Gasteiger charge is 2.43. The van der Waals surface area contributed by atoms with E-state index in [1.54, 1.807) is 0 Å². The van der Waals surface area contributed by atoms with Crippen LogP contribution in [0.1, 0.15) is 24.8 Å². The van der Waals surface area contributed by atoms with Crippen LogP contribution in [0.4, 0.5) is 8.78 Å². The zero-order chi connectivity index (χ0) is 10.9. The first-order valence-electron chi connectivity index (χ1n) is 4.97. The molecule has 0 N–H and O–H groups in total. The van der Waals surface area contributed by atoms with Gasteiger partial charge in [-0.05, 0) is 24.1 Å². The van der Waals surface area contributed by atoms with Crippen LogP contribution in [0.15, 0.2) is 18.2 Å². The van der Waals surface area contributed by atoms with Crippen LogP contribution in [0.2, 0.25) is 0 Å². The Balaban J connectivity index is 2.21. The number of hydrogen-bond donors (Lipinski definition) is 0. The minimum Gasteiger partial charge on any atom is -0.310 e. The molecule has 0 amide bonds. The predicted octanol–water partition coefficient (Wildman–Crippen LogP) is 3.35. The van der Waals surface area contributed by atoms with Crippen molar-refractivity contribution >= 4 is 0 Å². The molecule has 1 aliphatic rings. The average molecular weight is 207 g/mol. The Hall–Kier alpha value is -1.43. The van der Waals surface area contributed by atoms with Crippen LogP contribution in [-0.4, -0.2) is 5.54 Å². The van der Waals surface area contributed by atoms with Gasteiger partial charge in [-0.15, -0.1) is 0 Å². The van der Waals surface area contributed by atoms with Crippen molar-refractivity contribution < 1.29 is 8.78 Å². The van der Waals surface area contributed by atoms with Crippen molar-refractivity contribution in [3.8, 4) is 0 Å². The Kier molecular flexibility index (Phi) is 2.44. The molecular weight excluding hydrogens is 196 g/mol. The summed E-state index contributed by atoms with van der Waals surface area (Å²) < 4.78 is 25.8. The van der Waals surface area contributed by atoms with E-state index in [4.69, 9.17) is 6.57 Å². The van der Waals surface area contributed by atoms with Gasteiger partial charge in [0.1, 0.15) is 11.6 Å². The first kappa shape index (κ1) is 10.1. The number of halogens is 2. The first-order chi connectivity index (χ1) is 7.13. The van der Waals surface area contributed by atoms with Gasteiger partial charge >= 0.3 is 0 Å². The number of hydrogen-bond acceptors (Lipinski definition) is 0. The van der Waals surface area contributed by atoms with Crippen molar-refractivity contribution in [2.45, 2.75) is 31.2 Å². The average Bonchev–Trinajstić information content (AvgIpc) is 2.10. The molecule has 0 saturated heterocycles. The van der Waals surface area contributed by atoms with Crippen molar-refractivity contribution in [2.75, 3.05) is 0 Å². The second-order valence-corrected chi connectivity index (χ2v) is 4.14. The number of rotatable bonds is 2. The smallest absolute Gasteiger partial charge is 0.236 e. The summed E-state index contributed by atoms with van der Waals surface area (Å²) in [6.07, 6.45) is 3.19. The van der Waals surface area contributed by atoms with Crippen LogP contribution < -0.4 is 0 Å². The van der Waals surface area contributed by atoms with Gasteiger partial charge in [0.05, 0.1) is 6.42 Å². The lowest BCUT2D eigenvalue weighted by Crippen LogP contribution is -2.35. The first-order valence-corrected chi connectivity index (χ1v) is 4.97. The van der Waals surface area contributed by atoms with Crippen molar-refractivity contribution in [3.05, 3.63) is 46.8 Å². The van der Waals surface area contributed by atoms with E-state index in [1.807, 2.05) is 0 Å². The second-order valence-electron chi connectivity index (χ2n) is 4.14. The Morgan fingerprint density at radius 2 is 1.80 bits per heavy atom. The molecule has 0 bridgehead atoms. The molecule has 3 heteroatoms. The molecule has 0 spiro atoms. The van der Waals surface area contributed by atoms with E-state index in [0.29, 0.717) is 12.0 Å². The summed E-state index contributed by atoms with van der Waals surface area (Å²) in [5.41, 5.74) is 0.198. The summed E-state index contributed by atoms with van der Waals surface area (Å²) in [5, 5.41) is 0. The maximum absolute atomic E-state index is 12.9. The molecule has 1 fully saturated rings. The van der Waals surface area contributed by atoms with Crippen molar-refractivity contribution in [2.24, 2.45) is 0 Å². The SMILES string of the molecule is [C-]#[N+]C1(Cc2cc(F)cc(F)c2)CCC1. The van der Waals surface area contributed by atoms with Gasteiger partial charge in [0.25, 0.3) is 0 Å². The molecule has 0 unspecified atom stereocenters. The zero-order valence-electron chi connectivity index (χ0n) is 8.26. The topological polar surface area (TPSA) is 4.36 Å². The highest BCUT2D eigenvalue weighted by Crippen LogP contribution is 2.38. The number of nitrogens with zero attached hydrogens (tertiary/aromatic N) is 1. The second kappa shape index (κ2) is 3.62. The van der Waals surface area contributed by atoms with Crippen LogP contribution in [-0.2, 0) is 6.42 Å². The molecular formula is C12H11F2N. The van der Waals surface area contributed by atoms with Crippen LogP contribution in [0.5, 0.6) is 0 Å². The van der Waals surface area contributed by atoms with Crippen molar-refractivity contribution in [3.63, 3.8) is 0 Å². The van der Waals surface area contributed by atoms with Gasteiger partial charge in [-0.25, -0.2) is 15.4 Å². The van der Waals surface area contributed by atoms with Gasteiger partial charge in [0.15, 0.2) is 0 Å². The molecule has 0 atom stereocenters. The molecule has 1 saturated carbocycles. The highest BCUT2D eigenvalue weighted by molar-refractivity contribution is 5.23. The van der Waals surface area contributed by atoms with Gasteiger partial charge in [-0.2, -0.15) is 0 Å². The standard InChI is InChI=1S/C12H11F2N/c1-15-12(3-2-4-12)8-9-5-10(13)7-11(14)6-9/h5-7H,2-4,8H2. The largest absolute Gasteiger partial charge is 0.310 e. The quantitative estimate of drug-likeness (QED) is 0.655. The lowest BCUT2D eigenvalue weighted by Gasteiger charge is -2.29. The fourth-order valence-corrected chi connectivity index (χ4v) is 2.01. The predicted molar refractivity (Wildman–Crippen MR) is 53.2 cm³/mol. The third-order valence-electron chi connectivity index (χ3n) is 2.98. The molecule has 1 aliphatic carbocycles. The van der Waals surface area contributed by atoms with Crippen molar-refractivity contribution in [1.82, 2.24) is 0 Å². The van der Waals surface area contributed by atoms with E-state index in [0.717, 1.165) is 25.3 Å². The van der Waals surface area contributed by atoms with Gasteiger partial charge < -0.3 is 4.85 Å². The molecule has 1 aromatic rings. The highest BCUT2D eigenvalue weighted by atomic mass is 19.1. The molecule has 0 aromatic heterocycles. The van der Waals surface area contributed by atoms with Crippen LogP contribution >= 0.6 is 0 Å². The maximum atomic E-state index is 12.9. The minimum absolute atomic E-state index is 0.389. The third-order valence-corrected chi connectivity index (χ3v) is 2.98. The summed E-state index contributed by atoms with van der Waals surface area (Å²) in [5.74, 6) is -1.13. The summed E-state index contributed by atoms with van der Waals surface area (Å²) in [6.45, 7) is 7.10. The van der Waals surface area contributed by atoms with Crippen molar-refractivity contribution in [1.29, 1.82) is 0 Å². The zero-order valence-corrected chi connectivity index (χ0v) is 8.26. The van der Waals surface area contributed by atoms with E-state index in [2.05, 4.69) is 4.85 Å². The van der Waals surface area contributed by atoms with Gasteiger partial charge in [-0.3, -0.25) is 0 Å². The minimum atomic E-state index is -0.565. The fourth-order valence-electron chi connectivity index (χ4n) is 2.01. The van der Waals surface area contributed by atoms with E-state index in [1.165, 1.54) is 12.1 Å². The maximum Gasteiger partial charge on any atom is 0.236 e. The van der Waals surface area contributed by atoms with Crippen LogP contribution in [0.25, 0.3) is 4.85 Å². The molecule has 1 aromatic carbocycles. The molecule has 78 valence electrons. The van der Waals surface area contributed by atoms with Crippen LogP contribution in [0, 0.1) is 18.2 Å². The third kappa shape index (κ3) is 1.99. The monoisotopic (exact) mass is 207 g/mol. The van der Waals surface area contributed by atoms with E-state index < -0.39 is 11.6 Å². The van der Waals surface area contributed by atoms with Crippen LogP contribution in [0.3, 0.4) is 0 Å². The molecule has 1 nitrogen and oxygen atoms in total. The van der Waals surface area contributed by atoms with Gasteiger partial charge in [0.2, 0.25) is 5.54 Å². The Labute approximate surface area is 87.5 Å². The molecule has 0 aliphatic heterocycles. The summed E-state index contributed by atoms with van der Waals surface area (Å²) >= 11 is 0. The Morgan fingerprint density at radius 3 is 2.20 bits per heavy atom. The van der Waals surface area contributed by atoms with E-state index >= 15 is 0 Å². The molecule has 15 heavy (non-hydrogen) atoms. The lowest BCUT2D eigenvalue weighted by molar-refractivity contribution is 0.300. The summed E-state index contributed by atoms with van der Waals surface area (Å²) in [6, 6.07) is 3.48. The lowest BCUT2D eigenvalue weighted by atomic mass is 9.73. The molecule has 0 heterocycles. The van der Waals surface area contributed by atoms with Gasteiger partial charge in [0, 0.05) is 18.9 Å². The Bertz CT molecular complexity index is 396. The number of benzene rings is 1. The van der Waals surface area contributed by atoms with Gasteiger partial charge in [-0.1, -0.05) is 0 Å². The van der Waals surface area contributed by atoms with E-state index in [9.17, 15) is 8.78 Å². The normalized spacial score (nSPS) is 17.9. The molecule has 2 rings (SSSR count). The fraction of sp³-hybridized carbons (Fsp3) is 0.417.